The van der Waals surface area contributed by atoms with Gasteiger partial charge in [-0.05, 0) is 50.5 Å². The van der Waals surface area contributed by atoms with Gasteiger partial charge in [-0.3, -0.25) is 9.69 Å². The first-order valence-corrected chi connectivity index (χ1v) is 10.7. The second-order valence-electron chi connectivity index (χ2n) is 8.00. The molecular formula is C23H29N3O4. The quantitative estimate of drug-likeness (QED) is 0.832. The van der Waals surface area contributed by atoms with E-state index in [1.165, 1.54) is 0 Å². The van der Waals surface area contributed by atoms with E-state index in [0.717, 1.165) is 29.4 Å². The zero-order valence-corrected chi connectivity index (χ0v) is 17.6. The van der Waals surface area contributed by atoms with Crippen molar-refractivity contribution in [3.63, 3.8) is 0 Å². The summed E-state index contributed by atoms with van der Waals surface area (Å²) < 4.78 is 11.5. The predicted octanol–water partition coefficient (Wildman–Crippen LogP) is 3.71. The molecule has 2 aromatic rings. The Morgan fingerprint density at radius 1 is 1.13 bits per heavy atom. The highest BCUT2D eigenvalue weighted by molar-refractivity contribution is 5.94. The van der Waals surface area contributed by atoms with Crippen LogP contribution in [-0.4, -0.2) is 42.6 Å². The normalized spacial score (nSPS) is 19.2. The van der Waals surface area contributed by atoms with Crippen LogP contribution in [0.4, 0.5) is 10.5 Å². The third kappa shape index (κ3) is 4.30. The van der Waals surface area contributed by atoms with Gasteiger partial charge in [0, 0.05) is 19.0 Å². The van der Waals surface area contributed by atoms with Gasteiger partial charge in [-0.1, -0.05) is 19.1 Å². The molecule has 2 aliphatic heterocycles. The number of nitrogens with one attached hydrogen (secondary N) is 1. The van der Waals surface area contributed by atoms with E-state index in [0.29, 0.717) is 39.0 Å². The van der Waals surface area contributed by atoms with E-state index in [2.05, 4.69) is 12.2 Å². The summed E-state index contributed by atoms with van der Waals surface area (Å²) in [7, 11) is 0. The van der Waals surface area contributed by atoms with Crippen LogP contribution in [0.3, 0.4) is 0 Å². The number of anilines is 1. The van der Waals surface area contributed by atoms with Crippen molar-refractivity contribution in [2.45, 2.75) is 45.8 Å². The average molecular weight is 412 g/mol. The third-order valence-corrected chi connectivity index (χ3v) is 5.89. The molecule has 4 rings (SSSR count). The van der Waals surface area contributed by atoms with E-state index in [4.69, 9.17) is 9.15 Å². The number of amides is 3. The number of hydrogen-bond donors (Lipinski definition) is 1. The van der Waals surface area contributed by atoms with Crippen molar-refractivity contribution >= 4 is 17.6 Å². The lowest BCUT2D eigenvalue weighted by molar-refractivity contribution is -0.126. The minimum Gasteiger partial charge on any atom is -0.486 e. The van der Waals surface area contributed by atoms with E-state index in [1.54, 1.807) is 0 Å². The number of piperidine rings is 1. The van der Waals surface area contributed by atoms with Crippen molar-refractivity contribution in [3.05, 3.63) is 47.9 Å². The molecule has 30 heavy (non-hydrogen) atoms. The van der Waals surface area contributed by atoms with Crippen LogP contribution in [0.25, 0.3) is 0 Å². The van der Waals surface area contributed by atoms with Gasteiger partial charge < -0.3 is 19.4 Å². The largest absolute Gasteiger partial charge is 0.486 e. The first-order valence-electron chi connectivity index (χ1n) is 10.7. The van der Waals surface area contributed by atoms with E-state index >= 15 is 0 Å². The van der Waals surface area contributed by atoms with E-state index in [9.17, 15) is 9.59 Å². The number of para-hydroxylation sites is 2. The topological polar surface area (TPSA) is 75.0 Å². The second-order valence-corrected chi connectivity index (χ2v) is 8.00. The number of aryl methyl sites for hydroxylation is 1. The number of hydrogen-bond acceptors (Lipinski definition) is 4. The van der Waals surface area contributed by atoms with Crippen LogP contribution >= 0.6 is 0 Å². The van der Waals surface area contributed by atoms with Gasteiger partial charge in [0.25, 0.3) is 0 Å². The molecular weight excluding hydrogens is 382 g/mol. The predicted molar refractivity (Wildman–Crippen MR) is 113 cm³/mol. The van der Waals surface area contributed by atoms with Gasteiger partial charge in [-0.15, -0.1) is 0 Å². The van der Waals surface area contributed by atoms with Gasteiger partial charge in [0.2, 0.25) is 5.91 Å². The highest BCUT2D eigenvalue weighted by Crippen LogP contribution is 2.35. The molecule has 0 spiro atoms. The number of benzene rings is 1. The van der Waals surface area contributed by atoms with Crippen LogP contribution < -0.4 is 15.0 Å². The highest BCUT2D eigenvalue weighted by Gasteiger charge is 2.34. The van der Waals surface area contributed by atoms with Crippen molar-refractivity contribution < 1.29 is 18.7 Å². The van der Waals surface area contributed by atoms with Crippen LogP contribution in [0.2, 0.25) is 0 Å². The van der Waals surface area contributed by atoms with E-state index in [1.807, 2.05) is 53.1 Å². The highest BCUT2D eigenvalue weighted by atomic mass is 16.5. The molecule has 2 aliphatic rings. The number of nitrogens with zero attached hydrogens (tertiary/aromatic N) is 2. The van der Waals surface area contributed by atoms with Gasteiger partial charge in [-0.25, -0.2) is 4.79 Å². The fourth-order valence-electron chi connectivity index (χ4n) is 4.09. The average Bonchev–Trinajstić information content (AvgIpc) is 3.21. The minimum atomic E-state index is -0.0783. The SMILES string of the molecule is CC[C@@H]1CN(C(=O)N2CCC(C(=O)NCc3ccc(C)o3)CC2)c2ccccc2O1. The maximum Gasteiger partial charge on any atom is 0.324 e. The molecule has 0 radical (unpaired) electrons. The lowest BCUT2D eigenvalue weighted by atomic mass is 9.96. The van der Waals surface area contributed by atoms with Crippen molar-refractivity contribution in [1.29, 1.82) is 0 Å². The van der Waals surface area contributed by atoms with Crippen LogP contribution in [0.5, 0.6) is 5.75 Å². The summed E-state index contributed by atoms with van der Waals surface area (Å²) in [5.74, 6) is 2.29. The molecule has 1 aromatic heterocycles. The van der Waals surface area contributed by atoms with Crippen molar-refractivity contribution in [1.82, 2.24) is 10.2 Å². The Bertz CT molecular complexity index is 901. The summed E-state index contributed by atoms with van der Waals surface area (Å²) in [5, 5.41) is 2.95. The van der Waals surface area contributed by atoms with Gasteiger partial charge in [0.1, 0.15) is 23.4 Å². The summed E-state index contributed by atoms with van der Waals surface area (Å²) in [4.78, 5) is 29.5. The Hall–Kier alpha value is -2.96. The molecule has 7 nitrogen and oxygen atoms in total. The van der Waals surface area contributed by atoms with Crippen molar-refractivity contribution in [2.75, 3.05) is 24.5 Å². The molecule has 3 amide bonds. The number of rotatable bonds is 4. The van der Waals surface area contributed by atoms with Gasteiger partial charge in [0.05, 0.1) is 18.8 Å². The Labute approximate surface area is 177 Å². The van der Waals surface area contributed by atoms with E-state index in [-0.39, 0.29) is 24.0 Å². The van der Waals surface area contributed by atoms with Gasteiger partial charge >= 0.3 is 6.03 Å². The molecule has 160 valence electrons. The van der Waals surface area contributed by atoms with Crippen LogP contribution in [0.15, 0.2) is 40.8 Å². The Morgan fingerprint density at radius 3 is 2.60 bits per heavy atom. The summed E-state index contributed by atoms with van der Waals surface area (Å²) >= 11 is 0. The number of carbonyl (C=O) groups excluding carboxylic acids is 2. The molecule has 7 heteroatoms. The summed E-state index contributed by atoms with van der Waals surface area (Å²) in [6, 6.07) is 11.4. The van der Waals surface area contributed by atoms with Crippen molar-refractivity contribution in [2.24, 2.45) is 5.92 Å². The molecule has 1 fully saturated rings. The lowest BCUT2D eigenvalue weighted by Gasteiger charge is -2.39. The standard InChI is InChI=1S/C23H29N3O4/c1-3-18-15-26(20-6-4-5-7-21(20)30-18)23(28)25-12-10-17(11-13-25)22(27)24-14-19-9-8-16(2)29-19/h4-9,17-18H,3,10-15H2,1-2H3,(H,24,27)/t18-/m1/s1. The zero-order valence-electron chi connectivity index (χ0n) is 17.6. The molecule has 0 aliphatic carbocycles. The van der Waals surface area contributed by atoms with Gasteiger partial charge in [0.15, 0.2) is 0 Å². The molecule has 0 saturated carbocycles. The fraction of sp³-hybridized carbons (Fsp3) is 0.478. The number of ether oxygens (including phenoxy) is 1. The fourth-order valence-corrected chi connectivity index (χ4v) is 4.09. The summed E-state index contributed by atoms with van der Waals surface area (Å²) in [6.07, 6.45) is 2.17. The number of urea groups is 1. The number of carbonyl (C=O) groups is 2. The number of likely N-dealkylation sites (tertiary alicyclic amines) is 1. The zero-order chi connectivity index (χ0) is 21.1. The maximum absolute atomic E-state index is 13.3. The lowest BCUT2D eigenvalue weighted by Crippen LogP contribution is -2.52. The minimum absolute atomic E-state index is 0.00240. The smallest absolute Gasteiger partial charge is 0.324 e. The second kappa shape index (κ2) is 8.81. The van der Waals surface area contributed by atoms with E-state index < -0.39 is 0 Å². The summed E-state index contributed by atoms with van der Waals surface area (Å²) in [5.41, 5.74) is 0.820. The Balaban J connectivity index is 1.33. The molecule has 1 aromatic carbocycles. The maximum atomic E-state index is 13.3. The molecule has 0 unspecified atom stereocenters. The molecule has 1 N–H and O–H groups in total. The number of fused-ring (bicyclic) bond motifs is 1. The first-order chi connectivity index (χ1) is 14.5. The van der Waals surface area contributed by atoms with Crippen LogP contribution in [0, 0.1) is 12.8 Å². The number of furan rings is 1. The molecule has 1 atom stereocenters. The molecule has 0 bridgehead atoms. The Kier molecular flexibility index (Phi) is 5.97. The first kappa shape index (κ1) is 20.3. The third-order valence-electron chi connectivity index (χ3n) is 5.89. The molecule has 1 saturated heterocycles. The van der Waals surface area contributed by atoms with Crippen LogP contribution in [-0.2, 0) is 11.3 Å². The monoisotopic (exact) mass is 411 g/mol. The van der Waals surface area contributed by atoms with Gasteiger partial charge in [-0.2, -0.15) is 0 Å². The van der Waals surface area contributed by atoms with Crippen LogP contribution in [0.1, 0.15) is 37.7 Å². The van der Waals surface area contributed by atoms with Crippen molar-refractivity contribution in [3.8, 4) is 5.75 Å². The Morgan fingerprint density at radius 2 is 1.90 bits per heavy atom. The molecule has 3 heterocycles. The summed E-state index contributed by atoms with van der Waals surface area (Å²) in [6.45, 7) is 6.05.